The molecule has 3 heterocycles. The first kappa shape index (κ1) is 19.0. The van der Waals surface area contributed by atoms with E-state index in [4.69, 9.17) is 9.51 Å². The normalized spacial score (nSPS) is 11.2. The van der Waals surface area contributed by atoms with E-state index >= 15 is 0 Å². The van der Waals surface area contributed by atoms with Crippen molar-refractivity contribution in [3.05, 3.63) is 109 Å². The summed E-state index contributed by atoms with van der Waals surface area (Å²) < 4.78 is 7.52. The van der Waals surface area contributed by atoms with Crippen molar-refractivity contribution in [2.24, 2.45) is 0 Å². The standard InChI is InChI=1S/C27H18N4O2/c32-27(19-13-14-23-21(16-19)26(33-30-23)18-8-2-1-3-9-18)29-22-11-5-4-10-20(22)24-17-31-15-7-6-12-25(31)28-24/h1-17H,(H,29,32). The first-order valence-corrected chi connectivity index (χ1v) is 10.6. The summed E-state index contributed by atoms with van der Waals surface area (Å²) in [5, 5.41) is 7.98. The number of imidazole rings is 1. The minimum absolute atomic E-state index is 0.215. The van der Waals surface area contributed by atoms with E-state index in [1.54, 1.807) is 12.1 Å². The number of carbonyl (C=O) groups is 1. The molecule has 6 aromatic rings. The van der Waals surface area contributed by atoms with Crippen LogP contribution in [-0.4, -0.2) is 20.4 Å². The van der Waals surface area contributed by atoms with Crippen molar-refractivity contribution < 1.29 is 9.32 Å². The van der Waals surface area contributed by atoms with Gasteiger partial charge in [0.05, 0.1) is 16.8 Å². The van der Waals surface area contributed by atoms with Gasteiger partial charge in [-0.2, -0.15) is 0 Å². The van der Waals surface area contributed by atoms with Crippen LogP contribution in [0, 0.1) is 0 Å². The molecule has 0 saturated carbocycles. The second-order valence-electron chi connectivity index (χ2n) is 7.70. The highest BCUT2D eigenvalue weighted by Gasteiger charge is 2.16. The predicted molar refractivity (Wildman–Crippen MR) is 128 cm³/mol. The molecular formula is C27H18N4O2. The van der Waals surface area contributed by atoms with Gasteiger partial charge >= 0.3 is 0 Å². The highest BCUT2D eigenvalue weighted by atomic mass is 16.5. The average Bonchev–Trinajstić information content (AvgIpc) is 3.49. The van der Waals surface area contributed by atoms with E-state index in [1.807, 2.05) is 95.7 Å². The second kappa shape index (κ2) is 7.76. The number of para-hydroxylation sites is 1. The fourth-order valence-corrected chi connectivity index (χ4v) is 3.95. The summed E-state index contributed by atoms with van der Waals surface area (Å²) in [4.78, 5) is 17.9. The molecular weight excluding hydrogens is 412 g/mol. The van der Waals surface area contributed by atoms with Crippen molar-refractivity contribution in [1.29, 1.82) is 0 Å². The Labute approximate surface area is 189 Å². The maximum atomic E-state index is 13.2. The second-order valence-corrected chi connectivity index (χ2v) is 7.70. The molecule has 1 N–H and O–H groups in total. The van der Waals surface area contributed by atoms with Crippen molar-refractivity contribution in [2.45, 2.75) is 0 Å². The van der Waals surface area contributed by atoms with Gasteiger partial charge in [0.2, 0.25) is 0 Å². The van der Waals surface area contributed by atoms with Crippen LogP contribution in [0.4, 0.5) is 5.69 Å². The first-order valence-electron chi connectivity index (χ1n) is 10.6. The Balaban J connectivity index is 1.35. The zero-order valence-electron chi connectivity index (χ0n) is 17.5. The molecule has 6 rings (SSSR count). The van der Waals surface area contributed by atoms with Gasteiger partial charge in [-0.25, -0.2) is 4.98 Å². The topological polar surface area (TPSA) is 72.4 Å². The number of hydrogen-bond acceptors (Lipinski definition) is 4. The molecule has 0 atom stereocenters. The Bertz CT molecular complexity index is 1580. The Morgan fingerprint density at radius 3 is 2.58 bits per heavy atom. The number of pyridine rings is 1. The quantitative estimate of drug-likeness (QED) is 0.369. The third-order valence-electron chi connectivity index (χ3n) is 5.59. The van der Waals surface area contributed by atoms with Crippen LogP contribution in [-0.2, 0) is 0 Å². The summed E-state index contributed by atoms with van der Waals surface area (Å²) in [6, 6.07) is 28.6. The van der Waals surface area contributed by atoms with Crippen molar-refractivity contribution in [1.82, 2.24) is 14.5 Å². The van der Waals surface area contributed by atoms with Crippen LogP contribution >= 0.6 is 0 Å². The zero-order chi connectivity index (χ0) is 22.2. The number of nitrogens with one attached hydrogen (secondary N) is 1. The number of amides is 1. The minimum atomic E-state index is -0.215. The van der Waals surface area contributed by atoms with Gasteiger partial charge in [0.25, 0.3) is 5.91 Å². The van der Waals surface area contributed by atoms with Gasteiger partial charge in [-0.05, 0) is 36.4 Å². The van der Waals surface area contributed by atoms with Crippen molar-refractivity contribution in [3.63, 3.8) is 0 Å². The van der Waals surface area contributed by atoms with Gasteiger partial charge < -0.3 is 14.2 Å². The highest BCUT2D eigenvalue weighted by Crippen LogP contribution is 2.31. The fourth-order valence-electron chi connectivity index (χ4n) is 3.95. The lowest BCUT2D eigenvalue weighted by Gasteiger charge is -2.09. The summed E-state index contributed by atoms with van der Waals surface area (Å²) >= 11 is 0. The molecule has 0 aliphatic carbocycles. The van der Waals surface area contributed by atoms with E-state index in [0.29, 0.717) is 22.5 Å². The summed E-state index contributed by atoms with van der Waals surface area (Å²) in [7, 11) is 0. The number of nitrogens with zero attached hydrogens (tertiary/aromatic N) is 3. The number of rotatable bonds is 4. The molecule has 0 aliphatic heterocycles. The molecule has 158 valence electrons. The van der Waals surface area contributed by atoms with Crippen molar-refractivity contribution in [2.75, 3.05) is 5.32 Å². The monoisotopic (exact) mass is 430 g/mol. The van der Waals surface area contributed by atoms with Crippen LogP contribution in [0.15, 0.2) is 108 Å². The van der Waals surface area contributed by atoms with E-state index in [2.05, 4.69) is 10.5 Å². The van der Waals surface area contributed by atoms with Gasteiger partial charge in [0, 0.05) is 29.1 Å². The van der Waals surface area contributed by atoms with E-state index in [1.165, 1.54) is 0 Å². The molecule has 33 heavy (non-hydrogen) atoms. The number of aromatic nitrogens is 3. The molecule has 3 aromatic carbocycles. The SMILES string of the molecule is O=C(Nc1ccccc1-c1cn2ccccc2n1)c1ccc2noc(-c3ccccc3)c2c1. The smallest absolute Gasteiger partial charge is 0.255 e. The molecule has 1 amide bonds. The highest BCUT2D eigenvalue weighted by molar-refractivity contribution is 6.08. The van der Waals surface area contributed by atoms with Crippen LogP contribution in [0.2, 0.25) is 0 Å². The van der Waals surface area contributed by atoms with Gasteiger partial charge in [-0.1, -0.05) is 59.8 Å². The van der Waals surface area contributed by atoms with E-state index < -0.39 is 0 Å². The van der Waals surface area contributed by atoms with Crippen LogP contribution < -0.4 is 5.32 Å². The summed E-state index contributed by atoms with van der Waals surface area (Å²) in [5.41, 5.74) is 5.32. The lowest BCUT2D eigenvalue weighted by Crippen LogP contribution is -2.12. The van der Waals surface area contributed by atoms with Gasteiger partial charge in [-0.3, -0.25) is 4.79 Å². The summed E-state index contributed by atoms with van der Waals surface area (Å²) in [6.45, 7) is 0. The largest absolute Gasteiger partial charge is 0.355 e. The summed E-state index contributed by atoms with van der Waals surface area (Å²) in [5.74, 6) is 0.429. The van der Waals surface area contributed by atoms with Crippen LogP contribution in [0.1, 0.15) is 10.4 Å². The molecule has 0 bridgehead atoms. The van der Waals surface area contributed by atoms with E-state index in [-0.39, 0.29) is 5.91 Å². The van der Waals surface area contributed by atoms with Crippen molar-refractivity contribution in [3.8, 4) is 22.6 Å². The van der Waals surface area contributed by atoms with E-state index in [9.17, 15) is 4.79 Å². The Hall–Kier alpha value is -4.71. The van der Waals surface area contributed by atoms with Crippen LogP contribution in [0.25, 0.3) is 39.1 Å². The molecule has 3 aromatic heterocycles. The van der Waals surface area contributed by atoms with Crippen LogP contribution in [0.5, 0.6) is 0 Å². The third-order valence-corrected chi connectivity index (χ3v) is 5.59. The Kier molecular flexibility index (Phi) is 4.47. The molecule has 0 aliphatic rings. The Morgan fingerprint density at radius 2 is 1.70 bits per heavy atom. The maximum Gasteiger partial charge on any atom is 0.255 e. The fraction of sp³-hybridized carbons (Fsp3) is 0. The van der Waals surface area contributed by atoms with Crippen molar-refractivity contribution >= 4 is 28.1 Å². The lowest BCUT2D eigenvalue weighted by atomic mass is 10.1. The number of benzene rings is 3. The Morgan fingerprint density at radius 1 is 0.879 bits per heavy atom. The third kappa shape index (κ3) is 3.43. The lowest BCUT2D eigenvalue weighted by molar-refractivity contribution is 0.102. The number of carbonyl (C=O) groups excluding carboxylic acids is 1. The number of anilines is 1. The molecule has 0 radical (unpaired) electrons. The van der Waals surface area contributed by atoms with Gasteiger partial charge in [-0.15, -0.1) is 0 Å². The molecule has 0 fully saturated rings. The minimum Gasteiger partial charge on any atom is -0.355 e. The first-order chi connectivity index (χ1) is 16.3. The number of hydrogen-bond donors (Lipinski definition) is 1. The number of fused-ring (bicyclic) bond motifs is 2. The molecule has 0 saturated heterocycles. The summed E-state index contributed by atoms with van der Waals surface area (Å²) in [6.07, 6.45) is 3.90. The molecule has 6 nitrogen and oxygen atoms in total. The van der Waals surface area contributed by atoms with Crippen LogP contribution in [0.3, 0.4) is 0 Å². The molecule has 0 spiro atoms. The van der Waals surface area contributed by atoms with Gasteiger partial charge in [0.1, 0.15) is 11.2 Å². The predicted octanol–water partition coefficient (Wildman–Crippen LogP) is 6.06. The molecule has 0 unspecified atom stereocenters. The van der Waals surface area contributed by atoms with E-state index in [0.717, 1.165) is 27.9 Å². The van der Waals surface area contributed by atoms with Gasteiger partial charge in [0.15, 0.2) is 5.76 Å². The molecule has 6 heteroatoms. The maximum absolute atomic E-state index is 13.2. The zero-order valence-corrected chi connectivity index (χ0v) is 17.5. The average molecular weight is 430 g/mol.